The highest BCUT2D eigenvalue weighted by molar-refractivity contribution is 4.86. The lowest BCUT2D eigenvalue weighted by Gasteiger charge is -2.42. The third kappa shape index (κ3) is 3.95. The second kappa shape index (κ2) is 6.58. The molecule has 0 aromatic heterocycles. The van der Waals surface area contributed by atoms with Crippen molar-refractivity contribution in [1.29, 1.82) is 0 Å². The van der Waals surface area contributed by atoms with Crippen molar-refractivity contribution in [3.63, 3.8) is 0 Å². The van der Waals surface area contributed by atoms with Crippen LogP contribution < -0.4 is 0 Å². The molecule has 0 amide bonds. The first-order chi connectivity index (χ1) is 8.97. The highest BCUT2D eigenvalue weighted by atomic mass is 16.3. The van der Waals surface area contributed by atoms with Crippen LogP contribution in [-0.4, -0.2) is 35.7 Å². The van der Waals surface area contributed by atoms with Crippen LogP contribution in [0.3, 0.4) is 0 Å². The molecule has 1 saturated carbocycles. The number of aliphatic hydroxyl groups is 1. The summed E-state index contributed by atoms with van der Waals surface area (Å²) in [6, 6.07) is 0. The molecule has 4 atom stereocenters. The first-order valence-electron chi connectivity index (χ1n) is 8.37. The lowest BCUT2D eigenvalue weighted by atomic mass is 9.73. The van der Waals surface area contributed by atoms with Gasteiger partial charge >= 0.3 is 0 Å². The van der Waals surface area contributed by atoms with E-state index in [0.717, 1.165) is 24.8 Å². The molecule has 2 aliphatic rings. The number of likely N-dealkylation sites (tertiary alicyclic amines) is 1. The Labute approximate surface area is 119 Å². The summed E-state index contributed by atoms with van der Waals surface area (Å²) in [6.07, 6.45) is 4.94. The van der Waals surface area contributed by atoms with Crippen LogP contribution >= 0.6 is 0 Å². The molecule has 0 radical (unpaired) electrons. The van der Waals surface area contributed by atoms with E-state index < -0.39 is 0 Å². The Morgan fingerprint density at radius 3 is 2.26 bits per heavy atom. The molecule has 0 spiro atoms. The smallest absolute Gasteiger partial charge is 0.0585 e. The van der Waals surface area contributed by atoms with Gasteiger partial charge in [0.15, 0.2) is 0 Å². The van der Waals surface area contributed by atoms with Gasteiger partial charge in [0.25, 0.3) is 0 Å². The summed E-state index contributed by atoms with van der Waals surface area (Å²) < 4.78 is 0. The van der Waals surface area contributed by atoms with E-state index in [9.17, 15) is 5.11 Å². The minimum absolute atomic E-state index is 0.0680. The molecule has 0 aromatic carbocycles. The summed E-state index contributed by atoms with van der Waals surface area (Å²) in [5.74, 6) is 3.65. The first kappa shape index (κ1) is 15.3. The van der Waals surface area contributed by atoms with Gasteiger partial charge in [0, 0.05) is 12.5 Å². The number of rotatable bonds is 3. The molecule has 2 fully saturated rings. The van der Waals surface area contributed by atoms with Gasteiger partial charge in [-0.05, 0) is 62.4 Å². The average molecular weight is 267 g/mol. The van der Waals surface area contributed by atoms with Crippen molar-refractivity contribution in [1.82, 2.24) is 4.90 Å². The number of aliphatic hydroxyl groups excluding tert-OH is 1. The van der Waals surface area contributed by atoms with E-state index in [-0.39, 0.29) is 6.10 Å². The van der Waals surface area contributed by atoms with E-state index in [2.05, 4.69) is 32.6 Å². The lowest BCUT2D eigenvalue weighted by molar-refractivity contribution is -0.00817. The van der Waals surface area contributed by atoms with Gasteiger partial charge in [-0.1, -0.05) is 27.7 Å². The molecule has 1 saturated heterocycles. The lowest BCUT2D eigenvalue weighted by Crippen LogP contribution is -2.45. The largest absolute Gasteiger partial charge is 0.393 e. The summed E-state index contributed by atoms with van der Waals surface area (Å²) in [5, 5.41) is 10.4. The molecular formula is C17H33NO. The highest BCUT2D eigenvalue weighted by Crippen LogP contribution is 2.35. The van der Waals surface area contributed by atoms with E-state index in [0.29, 0.717) is 17.8 Å². The second-order valence-electron chi connectivity index (χ2n) is 7.67. The molecular weight excluding hydrogens is 234 g/mol. The van der Waals surface area contributed by atoms with Crippen LogP contribution in [0.1, 0.15) is 53.4 Å². The Bertz CT molecular complexity index is 258. The summed E-state index contributed by atoms with van der Waals surface area (Å²) in [4.78, 5) is 2.61. The average Bonchev–Trinajstić information content (AvgIpc) is 2.34. The van der Waals surface area contributed by atoms with Gasteiger partial charge in [-0.15, -0.1) is 0 Å². The molecule has 1 aliphatic heterocycles. The van der Waals surface area contributed by atoms with Crippen molar-refractivity contribution in [2.75, 3.05) is 19.6 Å². The summed E-state index contributed by atoms with van der Waals surface area (Å²) in [6.45, 7) is 12.9. The highest BCUT2D eigenvalue weighted by Gasteiger charge is 2.34. The third-order valence-corrected chi connectivity index (χ3v) is 5.69. The minimum atomic E-state index is -0.0680. The van der Waals surface area contributed by atoms with Crippen molar-refractivity contribution in [2.45, 2.75) is 59.5 Å². The molecule has 112 valence electrons. The molecule has 2 rings (SSSR count). The number of hydrogen-bond acceptors (Lipinski definition) is 2. The van der Waals surface area contributed by atoms with Crippen LogP contribution in [0.4, 0.5) is 0 Å². The van der Waals surface area contributed by atoms with Crippen molar-refractivity contribution in [3.05, 3.63) is 0 Å². The predicted octanol–water partition coefficient (Wildman–Crippen LogP) is 3.40. The van der Waals surface area contributed by atoms with E-state index >= 15 is 0 Å². The van der Waals surface area contributed by atoms with Crippen LogP contribution in [0.15, 0.2) is 0 Å². The van der Waals surface area contributed by atoms with Gasteiger partial charge < -0.3 is 10.0 Å². The zero-order chi connectivity index (χ0) is 14.0. The van der Waals surface area contributed by atoms with Crippen LogP contribution in [0, 0.1) is 29.6 Å². The normalized spacial score (nSPS) is 38.8. The zero-order valence-electron chi connectivity index (χ0n) is 13.3. The molecule has 1 aliphatic carbocycles. The molecule has 0 aromatic rings. The predicted molar refractivity (Wildman–Crippen MR) is 81.1 cm³/mol. The van der Waals surface area contributed by atoms with Crippen molar-refractivity contribution < 1.29 is 5.11 Å². The Morgan fingerprint density at radius 1 is 1.11 bits per heavy atom. The Hall–Kier alpha value is -0.0800. The van der Waals surface area contributed by atoms with E-state index in [1.807, 2.05) is 0 Å². The minimum Gasteiger partial charge on any atom is -0.393 e. The molecule has 2 nitrogen and oxygen atoms in total. The van der Waals surface area contributed by atoms with Crippen molar-refractivity contribution in [3.8, 4) is 0 Å². The van der Waals surface area contributed by atoms with E-state index in [4.69, 9.17) is 0 Å². The van der Waals surface area contributed by atoms with Crippen LogP contribution in [0.5, 0.6) is 0 Å². The van der Waals surface area contributed by atoms with E-state index in [1.165, 1.54) is 32.4 Å². The molecule has 1 N–H and O–H groups in total. The van der Waals surface area contributed by atoms with E-state index in [1.54, 1.807) is 0 Å². The topological polar surface area (TPSA) is 23.5 Å². The van der Waals surface area contributed by atoms with Crippen LogP contribution in [-0.2, 0) is 0 Å². The van der Waals surface area contributed by atoms with Gasteiger partial charge in [0.05, 0.1) is 6.10 Å². The molecule has 0 bridgehead atoms. The number of piperidine rings is 1. The fraction of sp³-hybridized carbons (Fsp3) is 1.00. The molecule has 19 heavy (non-hydrogen) atoms. The van der Waals surface area contributed by atoms with Gasteiger partial charge in [0.2, 0.25) is 0 Å². The van der Waals surface area contributed by atoms with Gasteiger partial charge in [-0.3, -0.25) is 0 Å². The van der Waals surface area contributed by atoms with Crippen molar-refractivity contribution in [2.24, 2.45) is 29.6 Å². The van der Waals surface area contributed by atoms with Crippen LogP contribution in [0.2, 0.25) is 0 Å². The molecule has 1 heterocycles. The second-order valence-corrected chi connectivity index (χ2v) is 7.67. The SMILES string of the molecule is CC1CC(C)C(CN2CCC(C(C)C)CC2)C(O)C1. The summed E-state index contributed by atoms with van der Waals surface area (Å²) in [7, 11) is 0. The number of nitrogens with zero attached hydrogens (tertiary/aromatic N) is 1. The molecule has 2 heteroatoms. The molecule has 4 unspecified atom stereocenters. The fourth-order valence-electron chi connectivity index (χ4n) is 4.27. The quantitative estimate of drug-likeness (QED) is 0.847. The maximum Gasteiger partial charge on any atom is 0.0585 e. The standard InChI is InChI=1S/C17H33NO/c1-12(2)15-5-7-18(8-6-15)11-16-14(4)9-13(3)10-17(16)19/h12-17,19H,5-11H2,1-4H3. The third-order valence-electron chi connectivity index (χ3n) is 5.69. The summed E-state index contributed by atoms with van der Waals surface area (Å²) in [5.41, 5.74) is 0. The maximum atomic E-state index is 10.4. The summed E-state index contributed by atoms with van der Waals surface area (Å²) >= 11 is 0. The van der Waals surface area contributed by atoms with Crippen molar-refractivity contribution >= 4 is 0 Å². The maximum absolute atomic E-state index is 10.4. The zero-order valence-corrected chi connectivity index (χ0v) is 13.3. The first-order valence-corrected chi connectivity index (χ1v) is 8.37. The fourth-order valence-corrected chi connectivity index (χ4v) is 4.27. The monoisotopic (exact) mass is 267 g/mol. The Kier molecular flexibility index (Phi) is 5.30. The van der Waals surface area contributed by atoms with Gasteiger partial charge in [0.1, 0.15) is 0 Å². The Morgan fingerprint density at radius 2 is 1.74 bits per heavy atom. The van der Waals surface area contributed by atoms with Gasteiger partial charge in [-0.25, -0.2) is 0 Å². The number of hydrogen-bond donors (Lipinski definition) is 1. The van der Waals surface area contributed by atoms with Crippen LogP contribution in [0.25, 0.3) is 0 Å². The van der Waals surface area contributed by atoms with Gasteiger partial charge in [-0.2, -0.15) is 0 Å². The Balaban J connectivity index is 1.81.